The highest BCUT2D eigenvalue weighted by Gasteiger charge is 2.10. The molecule has 1 heterocycles. The van der Waals surface area contributed by atoms with E-state index < -0.39 is 0 Å². The molecule has 4 nitrogen and oxygen atoms in total. The van der Waals surface area contributed by atoms with E-state index >= 15 is 0 Å². The molecule has 1 N–H and O–H groups in total. The Balaban J connectivity index is 1.51. The Morgan fingerprint density at radius 3 is 2.14 bits per heavy atom. The van der Waals surface area contributed by atoms with Crippen LogP contribution in [0.5, 0.6) is 5.75 Å². The van der Waals surface area contributed by atoms with Crippen molar-refractivity contribution in [3.8, 4) is 5.75 Å². The molecule has 142 valence electrons. The van der Waals surface area contributed by atoms with Crippen LogP contribution in [0.2, 0.25) is 0 Å². The van der Waals surface area contributed by atoms with Crippen molar-refractivity contribution in [1.82, 2.24) is 9.13 Å². The van der Waals surface area contributed by atoms with Crippen LogP contribution in [-0.4, -0.2) is 15.7 Å². The van der Waals surface area contributed by atoms with E-state index in [4.69, 9.17) is 10.1 Å². The van der Waals surface area contributed by atoms with Crippen LogP contribution in [0.25, 0.3) is 11.0 Å². The van der Waals surface area contributed by atoms with Gasteiger partial charge in [-0.2, -0.15) is 0 Å². The third-order valence-electron chi connectivity index (χ3n) is 4.77. The third-order valence-corrected chi connectivity index (χ3v) is 5.30. The quantitative estimate of drug-likeness (QED) is 0.398. The van der Waals surface area contributed by atoms with E-state index in [0.717, 1.165) is 34.2 Å². The van der Waals surface area contributed by atoms with Crippen LogP contribution in [0.4, 0.5) is 0 Å². The fourth-order valence-corrected chi connectivity index (χ4v) is 3.65. The van der Waals surface area contributed by atoms with Crippen molar-refractivity contribution in [1.29, 1.82) is 5.41 Å². The Morgan fingerprint density at radius 1 is 0.786 bits per heavy atom. The molecule has 0 radical (unpaired) electrons. The van der Waals surface area contributed by atoms with Gasteiger partial charge in [-0.1, -0.05) is 58.4 Å². The number of ether oxygens (including phenoxy) is 1. The summed E-state index contributed by atoms with van der Waals surface area (Å²) in [5.41, 5.74) is 3.90. The van der Waals surface area contributed by atoms with Crippen LogP contribution in [0.15, 0.2) is 83.3 Å². The zero-order valence-electron chi connectivity index (χ0n) is 15.5. The van der Waals surface area contributed by atoms with Crippen molar-refractivity contribution in [3.63, 3.8) is 0 Å². The first-order chi connectivity index (χ1) is 13.7. The van der Waals surface area contributed by atoms with E-state index in [-0.39, 0.29) is 0 Å². The first-order valence-corrected chi connectivity index (χ1v) is 10.2. The van der Waals surface area contributed by atoms with Gasteiger partial charge in [0.2, 0.25) is 5.62 Å². The topological polar surface area (TPSA) is 42.9 Å². The van der Waals surface area contributed by atoms with Gasteiger partial charge in [-0.3, -0.25) is 5.41 Å². The molecule has 0 amide bonds. The van der Waals surface area contributed by atoms with Gasteiger partial charge in [0, 0.05) is 11.0 Å². The van der Waals surface area contributed by atoms with Gasteiger partial charge in [0.05, 0.1) is 24.2 Å². The second-order valence-electron chi connectivity index (χ2n) is 6.69. The number of nitrogens with one attached hydrogen (secondary N) is 1. The number of rotatable bonds is 7. The Bertz CT molecular complexity index is 1110. The number of imidazole rings is 1. The average molecular weight is 436 g/mol. The Kier molecular flexibility index (Phi) is 5.63. The standard InChI is InChI=1S/C23H22BrN3O/c24-19-11-13-20(14-12-19)28-16-6-15-26-21-9-4-5-10-22(21)27(23(26)25)17-18-7-2-1-3-8-18/h1-5,7-14,25H,6,15-17H2. The van der Waals surface area contributed by atoms with Gasteiger partial charge in [0.1, 0.15) is 5.75 Å². The van der Waals surface area contributed by atoms with Gasteiger partial charge >= 0.3 is 0 Å². The lowest BCUT2D eigenvalue weighted by atomic mass is 10.2. The highest BCUT2D eigenvalue weighted by Crippen LogP contribution is 2.17. The summed E-state index contributed by atoms with van der Waals surface area (Å²) in [6.45, 7) is 2.06. The van der Waals surface area contributed by atoms with Gasteiger partial charge in [-0.05, 0) is 48.4 Å². The Morgan fingerprint density at radius 2 is 1.43 bits per heavy atom. The van der Waals surface area contributed by atoms with E-state index in [0.29, 0.717) is 18.8 Å². The summed E-state index contributed by atoms with van der Waals surface area (Å²) in [7, 11) is 0. The molecule has 0 saturated heterocycles. The second-order valence-corrected chi connectivity index (χ2v) is 7.61. The molecule has 5 heteroatoms. The number of hydrogen-bond donors (Lipinski definition) is 1. The minimum Gasteiger partial charge on any atom is -0.494 e. The van der Waals surface area contributed by atoms with Crippen LogP contribution in [-0.2, 0) is 13.1 Å². The van der Waals surface area contributed by atoms with E-state index in [1.54, 1.807) is 0 Å². The lowest BCUT2D eigenvalue weighted by Crippen LogP contribution is -2.25. The monoisotopic (exact) mass is 435 g/mol. The minimum absolute atomic E-state index is 0.522. The molecule has 0 saturated carbocycles. The highest BCUT2D eigenvalue weighted by atomic mass is 79.9. The first kappa shape index (κ1) is 18.6. The molecular weight excluding hydrogens is 414 g/mol. The molecule has 4 aromatic rings. The van der Waals surface area contributed by atoms with Crippen LogP contribution >= 0.6 is 15.9 Å². The average Bonchev–Trinajstić information content (AvgIpc) is 2.99. The van der Waals surface area contributed by atoms with Gasteiger partial charge < -0.3 is 13.9 Å². The summed E-state index contributed by atoms with van der Waals surface area (Å²) >= 11 is 3.43. The molecular formula is C23H22BrN3O. The van der Waals surface area contributed by atoms with Crippen molar-refractivity contribution in [2.75, 3.05) is 6.61 Å². The fraction of sp³-hybridized carbons (Fsp3) is 0.174. The van der Waals surface area contributed by atoms with Crippen molar-refractivity contribution in [3.05, 3.63) is 94.5 Å². The molecule has 3 aromatic carbocycles. The highest BCUT2D eigenvalue weighted by molar-refractivity contribution is 9.10. The summed E-state index contributed by atoms with van der Waals surface area (Å²) in [5, 5.41) is 8.73. The minimum atomic E-state index is 0.522. The molecule has 1 aromatic heterocycles. The number of benzene rings is 3. The number of hydrogen-bond acceptors (Lipinski definition) is 2. The van der Waals surface area contributed by atoms with Crippen LogP contribution in [0.1, 0.15) is 12.0 Å². The molecule has 28 heavy (non-hydrogen) atoms. The predicted molar refractivity (Wildman–Crippen MR) is 116 cm³/mol. The maximum absolute atomic E-state index is 8.73. The van der Waals surface area contributed by atoms with Gasteiger partial charge in [0.25, 0.3) is 0 Å². The maximum atomic E-state index is 8.73. The number of halogens is 1. The van der Waals surface area contributed by atoms with Gasteiger partial charge in [-0.25, -0.2) is 0 Å². The molecule has 0 fully saturated rings. The van der Waals surface area contributed by atoms with E-state index in [1.165, 1.54) is 5.56 Å². The molecule has 0 aliphatic heterocycles. The zero-order valence-corrected chi connectivity index (χ0v) is 17.1. The number of aromatic nitrogens is 2. The molecule has 0 bridgehead atoms. The molecule has 0 spiro atoms. The van der Waals surface area contributed by atoms with Crippen LogP contribution < -0.4 is 10.4 Å². The molecule has 0 unspecified atom stereocenters. The molecule has 0 atom stereocenters. The third kappa shape index (κ3) is 4.04. The van der Waals surface area contributed by atoms with Crippen molar-refractivity contribution in [2.45, 2.75) is 19.5 Å². The molecule has 0 aliphatic carbocycles. The zero-order chi connectivity index (χ0) is 19.3. The molecule has 4 rings (SSSR count). The van der Waals surface area contributed by atoms with Gasteiger partial charge in [0.15, 0.2) is 0 Å². The summed E-state index contributed by atoms with van der Waals surface area (Å²) < 4.78 is 11.0. The van der Waals surface area contributed by atoms with Crippen molar-refractivity contribution < 1.29 is 4.74 Å². The summed E-state index contributed by atoms with van der Waals surface area (Å²) in [6, 6.07) is 26.4. The first-order valence-electron chi connectivity index (χ1n) is 9.37. The summed E-state index contributed by atoms with van der Waals surface area (Å²) in [6.07, 6.45) is 0.839. The van der Waals surface area contributed by atoms with Crippen molar-refractivity contribution >= 4 is 27.0 Å². The van der Waals surface area contributed by atoms with Crippen LogP contribution in [0, 0.1) is 5.41 Å². The Hall–Kier alpha value is -2.79. The maximum Gasteiger partial charge on any atom is 0.203 e. The van der Waals surface area contributed by atoms with Crippen LogP contribution in [0.3, 0.4) is 0 Å². The number of fused-ring (bicyclic) bond motifs is 1. The van der Waals surface area contributed by atoms with Gasteiger partial charge in [-0.15, -0.1) is 0 Å². The second kappa shape index (κ2) is 8.48. The SMILES string of the molecule is N=c1n(CCCOc2ccc(Br)cc2)c2ccccc2n1Cc1ccccc1. The summed E-state index contributed by atoms with van der Waals surface area (Å²) in [4.78, 5) is 0. The Labute approximate surface area is 172 Å². The van der Waals surface area contributed by atoms with E-state index in [2.05, 4.69) is 49.3 Å². The predicted octanol–water partition coefficient (Wildman–Crippen LogP) is 5.20. The number of para-hydroxylation sites is 2. The van der Waals surface area contributed by atoms with E-state index in [1.807, 2.05) is 54.6 Å². The van der Waals surface area contributed by atoms with E-state index in [9.17, 15) is 0 Å². The molecule has 0 aliphatic rings. The number of nitrogens with zero attached hydrogens (tertiary/aromatic N) is 2. The smallest absolute Gasteiger partial charge is 0.203 e. The summed E-state index contributed by atoms with van der Waals surface area (Å²) in [5.74, 6) is 0.866. The van der Waals surface area contributed by atoms with Crippen molar-refractivity contribution in [2.24, 2.45) is 0 Å². The fourth-order valence-electron chi connectivity index (χ4n) is 3.39. The lowest BCUT2D eigenvalue weighted by Gasteiger charge is -2.08. The lowest BCUT2D eigenvalue weighted by molar-refractivity contribution is 0.301. The largest absolute Gasteiger partial charge is 0.494 e. The normalized spacial score (nSPS) is 11.0. The number of aryl methyl sites for hydroxylation is 1.